The standard InChI is InChI=1S/C7H13BNO2.Y/c1-8(11)9-4-2-7(6-10)3-5-9;/h6,11H,2-5H2,1H3;/q-1;. The normalized spacial score (nSPS) is 18.3. The summed E-state index contributed by atoms with van der Waals surface area (Å²) in [4.78, 5) is 12.3. The third-order valence-corrected chi connectivity index (χ3v) is 2.14. The average Bonchev–Trinajstić information content (AvgIpc) is 2.05. The summed E-state index contributed by atoms with van der Waals surface area (Å²) in [6, 6.07) is 0. The molecule has 1 heterocycles. The first kappa shape index (κ1) is 12.6. The summed E-state index contributed by atoms with van der Waals surface area (Å²) >= 11 is 0. The predicted molar refractivity (Wildman–Crippen MR) is 44.0 cm³/mol. The number of hydrogen-bond acceptors (Lipinski definition) is 3. The van der Waals surface area contributed by atoms with E-state index in [4.69, 9.17) is 5.02 Å². The molecule has 0 aromatic carbocycles. The van der Waals surface area contributed by atoms with Crippen LogP contribution in [0.4, 0.5) is 0 Å². The van der Waals surface area contributed by atoms with Crippen molar-refractivity contribution in [1.82, 2.24) is 4.81 Å². The summed E-state index contributed by atoms with van der Waals surface area (Å²) in [5.41, 5.74) is 0. The van der Waals surface area contributed by atoms with Crippen molar-refractivity contribution < 1.29 is 42.5 Å². The van der Waals surface area contributed by atoms with Crippen LogP contribution in [0.25, 0.3) is 0 Å². The zero-order chi connectivity index (χ0) is 8.27. The van der Waals surface area contributed by atoms with Crippen molar-refractivity contribution in [1.29, 1.82) is 0 Å². The van der Waals surface area contributed by atoms with Crippen LogP contribution in [0.2, 0.25) is 6.82 Å². The summed E-state index contributed by atoms with van der Waals surface area (Å²) in [6.07, 6.45) is 2.57. The Morgan fingerprint density at radius 1 is 1.50 bits per heavy atom. The Labute approximate surface area is 98.9 Å². The van der Waals surface area contributed by atoms with Gasteiger partial charge in [-0.15, -0.1) is 12.8 Å². The largest absolute Gasteiger partial charge is 0.437 e. The van der Waals surface area contributed by atoms with E-state index in [0.717, 1.165) is 38.1 Å². The van der Waals surface area contributed by atoms with Crippen molar-refractivity contribution in [2.24, 2.45) is 0 Å². The molecule has 1 rings (SSSR count). The van der Waals surface area contributed by atoms with E-state index < -0.39 is 0 Å². The fourth-order valence-electron chi connectivity index (χ4n) is 1.30. The van der Waals surface area contributed by atoms with Crippen molar-refractivity contribution in [3.8, 4) is 0 Å². The van der Waals surface area contributed by atoms with E-state index in [1.807, 2.05) is 4.81 Å². The fraction of sp³-hybridized carbons (Fsp3) is 0.714. The maximum Gasteiger partial charge on any atom is 0.376 e. The minimum absolute atomic E-state index is 0. The third kappa shape index (κ3) is 3.56. The molecule has 0 atom stereocenters. The van der Waals surface area contributed by atoms with Crippen LogP contribution >= 0.6 is 0 Å². The van der Waals surface area contributed by atoms with Gasteiger partial charge in [-0.25, -0.2) is 0 Å². The Hall–Kier alpha value is 0.629. The van der Waals surface area contributed by atoms with Crippen LogP contribution < -0.4 is 0 Å². The third-order valence-electron chi connectivity index (χ3n) is 2.14. The van der Waals surface area contributed by atoms with Gasteiger partial charge < -0.3 is 20.5 Å². The molecule has 1 radical (unpaired) electrons. The summed E-state index contributed by atoms with van der Waals surface area (Å²) < 4.78 is 0. The number of carbonyl (C=O) groups is 1. The number of rotatable bonds is 2. The van der Waals surface area contributed by atoms with Crippen molar-refractivity contribution in [3.63, 3.8) is 0 Å². The van der Waals surface area contributed by atoms with Gasteiger partial charge in [0.2, 0.25) is 0 Å². The zero-order valence-electron chi connectivity index (χ0n) is 7.36. The SMILES string of the molecule is CB(O)N1CC[C-](C=O)CC1.[Y]. The fourth-order valence-corrected chi connectivity index (χ4v) is 1.30. The van der Waals surface area contributed by atoms with Gasteiger partial charge in [-0.3, -0.25) is 0 Å². The minimum Gasteiger partial charge on any atom is -0.437 e. The molecule has 0 saturated carbocycles. The molecule has 1 aliphatic heterocycles. The Morgan fingerprint density at radius 3 is 2.33 bits per heavy atom. The molecule has 0 aliphatic carbocycles. The smallest absolute Gasteiger partial charge is 0.376 e. The molecule has 0 bridgehead atoms. The van der Waals surface area contributed by atoms with Crippen molar-refractivity contribution >= 4 is 13.3 Å². The molecule has 65 valence electrons. The second kappa shape index (κ2) is 6.14. The van der Waals surface area contributed by atoms with E-state index in [2.05, 4.69) is 0 Å². The summed E-state index contributed by atoms with van der Waals surface area (Å²) in [7, 11) is -0.372. The summed E-state index contributed by atoms with van der Waals surface area (Å²) in [5, 5.41) is 9.16. The molecule has 3 nitrogen and oxygen atoms in total. The Balaban J connectivity index is 0.00000121. The van der Waals surface area contributed by atoms with E-state index in [1.165, 1.54) is 0 Å². The molecule has 12 heavy (non-hydrogen) atoms. The van der Waals surface area contributed by atoms with Crippen LogP contribution in [0.15, 0.2) is 0 Å². The van der Waals surface area contributed by atoms with Gasteiger partial charge in [0.15, 0.2) is 0 Å². The average molecular weight is 243 g/mol. The summed E-state index contributed by atoms with van der Waals surface area (Å²) in [6.45, 7) is 3.38. The molecule has 0 aromatic heterocycles. The minimum atomic E-state index is -0.372. The van der Waals surface area contributed by atoms with Gasteiger partial charge >= 0.3 is 7.05 Å². The molecule has 0 spiro atoms. The molecule has 0 unspecified atom stereocenters. The molecular weight excluding hydrogens is 230 g/mol. The molecular formula is C7H13BNO2Y-. The second-order valence-electron chi connectivity index (χ2n) is 2.94. The maximum atomic E-state index is 10.3. The first-order valence-electron chi connectivity index (χ1n) is 3.96. The molecule has 1 N–H and O–H groups in total. The van der Waals surface area contributed by atoms with Crippen LogP contribution in [0, 0.1) is 5.92 Å². The van der Waals surface area contributed by atoms with Crippen LogP contribution in [0.1, 0.15) is 12.8 Å². The predicted octanol–water partition coefficient (Wildman–Crippen LogP) is -0.0366. The maximum absolute atomic E-state index is 10.3. The Bertz CT molecular complexity index is 137. The molecule has 0 aromatic rings. The van der Waals surface area contributed by atoms with Gasteiger partial charge in [0.25, 0.3) is 0 Å². The van der Waals surface area contributed by atoms with E-state index in [-0.39, 0.29) is 39.8 Å². The number of aldehydes is 1. The molecule has 0 amide bonds. The molecule has 1 aliphatic rings. The zero-order valence-corrected chi connectivity index (χ0v) is 10.2. The van der Waals surface area contributed by atoms with E-state index in [0.29, 0.717) is 0 Å². The Morgan fingerprint density at radius 2 is 2.00 bits per heavy atom. The van der Waals surface area contributed by atoms with Crippen molar-refractivity contribution in [3.05, 3.63) is 5.92 Å². The van der Waals surface area contributed by atoms with Gasteiger partial charge in [0.05, 0.1) is 0 Å². The number of piperidine rings is 1. The second-order valence-corrected chi connectivity index (χ2v) is 2.94. The van der Waals surface area contributed by atoms with E-state index in [9.17, 15) is 4.79 Å². The van der Waals surface area contributed by atoms with Gasteiger partial charge in [0.1, 0.15) is 0 Å². The van der Waals surface area contributed by atoms with Crippen LogP contribution in [0.5, 0.6) is 0 Å². The van der Waals surface area contributed by atoms with E-state index >= 15 is 0 Å². The number of carbonyl (C=O) groups excluding carboxylic acids is 1. The molecule has 1 fully saturated rings. The van der Waals surface area contributed by atoms with Crippen molar-refractivity contribution in [2.75, 3.05) is 13.1 Å². The van der Waals surface area contributed by atoms with Gasteiger partial charge in [-0.1, -0.05) is 0 Å². The van der Waals surface area contributed by atoms with Crippen molar-refractivity contribution in [2.45, 2.75) is 19.7 Å². The first-order valence-corrected chi connectivity index (χ1v) is 3.96. The topological polar surface area (TPSA) is 40.5 Å². The quantitative estimate of drug-likeness (QED) is 0.420. The van der Waals surface area contributed by atoms with Gasteiger partial charge in [0, 0.05) is 32.7 Å². The number of hydrogen-bond donors (Lipinski definition) is 1. The molecule has 5 heteroatoms. The van der Waals surface area contributed by atoms with Crippen LogP contribution in [0.3, 0.4) is 0 Å². The van der Waals surface area contributed by atoms with Crippen LogP contribution in [-0.2, 0) is 37.5 Å². The monoisotopic (exact) mass is 243 g/mol. The first-order chi connectivity index (χ1) is 5.24. The summed E-state index contributed by atoms with van der Waals surface area (Å²) in [5.74, 6) is 0.974. The van der Waals surface area contributed by atoms with Crippen LogP contribution in [-0.4, -0.2) is 36.3 Å². The van der Waals surface area contributed by atoms with Gasteiger partial charge in [-0.05, 0) is 26.2 Å². The van der Waals surface area contributed by atoms with E-state index in [1.54, 1.807) is 6.82 Å². The van der Waals surface area contributed by atoms with Gasteiger partial charge in [-0.2, -0.15) is 0 Å². The number of nitrogens with zero attached hydrogens (tertiary/aromatic N) is 1. The molecule has 1 saturated heterocycles. The Kier molecular flexibility index (Phi) is 6.46.